The van der Waals surface area contributed by atoms with Crippen LogP contribution in [0.1, 0.15) is 25.0 Å². The summed E-state index contributed by atoms with van der Waals surface area (Å²) in [6.07, 6.45) is 0.863. The maximum absolute atomic E-state index is 12.2. The van der Waals surface area contributed by atoms with Crippen LogP contribution in [-0.4, -0.2) is 32.1 Å². The van der Waals surface area contributed by atoms with Gasteiger partial charge in [0.15, 0.2) is 0 Å². The fourth-order valence-corrected chi connectivity index (χ4v) is 2.98. The average molecular weight is 374 g/mol. The summed E-state index contributed by atoms with van der Waals surface area (Å²) in [6.45, 7) is 9.29. The first kappa shape index (κ1) is 20.3. The van der Waals surface area contributed by atoms with Crippen LogP contribution in [0.15, 0.2) is 42.5 Å². The molecule has 0 heterocycles. The first-order valence-corrected chi connectivity index (χ1v) is 9.51. The van der Waals surface area contributed by atoms with E-state index in [0.717, 1.165) is 42.3 Å². The standard InChI is InChI=1S/C21H28ClN3O/c1-4-25(5-2)19-10-11-20(16(3)14-19)24-21(26)15-23-13-12-17-6-8-18(22)9-7-17/h6-11,14,23H,4-5,12-13,15H2,1-3H3,(H,24,26). The van der Waals surface area contributed by atoms with Crippen LogP contribution in [0.5, 0.6) is 0 Å². The number of amides is 1. The number of nitrogens with one attached hydrogen (secondary N) is 2. The van der Waals surface area contributed by atoms with Gasteiger partial charge in [-0.2, -0.15) is 0 Å². The van der Waals surface area contributed by atoms with Crippen molar-refractivity contribution >= 4 is 28.9 Å². The zero-order valence-corrected chi connectivity index (χ0v) is 16.6. The highest BCUT2D eigenvalue weighted by Gasteiger charge is 2.07. The molecular formula is C21H28ClN3O. The van der Waals surface area contributed by atoms with E-state index >= 15 is 0 Å². The van der Waals surface area contributed by atoms with Crippen molar-refractivity contribution in [2.24, 2.45) is 0 Å². The van der Waals surface area contributed by atoms with Crippen molar-refractivity contribution in [1.82, 2.24) is 5.32 Å². The van der Waals surface area contributed by atoms with Crippen molar-refractivity contribution in [3.63, 3.8) is 0 Å². The van der Waals surface area contributed by atoms with Crippen LogP contribution in [0.4, 0.5) is 11.4 Å². The van der Waals surface area contributed by atoms with Crippen molar-refractivity contribution in [1.29, 1.82) is 0 Å². The molecule has 140 valence electrons. The second-order valence-electron chi connectivity index (χ2n) is 6.27. The molecule has 2 rings (SSSR count). The predicted octanol–water partition coefficient (Wildman–Crippen LogP) is 4.27. The Morgan fingerprint density at radius 1 is 1.08 bits per heavy atom. The molecule has 0 aliphatic carbocycles. The average Bonchev–Trinajstić information content (AvgIpc) is 2.63. The molecule has 0 saturated carbocycles. The second kappa shape index (κ2) is 10.2. The molecule has 0 fully saturated rings. The summed E-state index contributed by atoms with van der Waals surface area (Å²) in [6, 6.07) is 13.9. The molecule has 0 spiro atoms. The van der Waals surface area contributed by atoms with Crippen molar-refractivity contribution in [3.05, 3.63) is 58.6 Å². The number of carbonyl (C=O) groups is 1. The van der Waals surface area contributed by atoms with Gasteiger partial charge >= 0.3 is 0 Å². The van der Waals surface area contributed by atoms with Crippen LogP contribution in [-0.2, 0) is 11.2 Å². The van der Waals surface area contributed by atoms with Gasteiger partial charge in [-0.3, -0.25) is 4.79 Å². The highest BCUT2D eigenvalue weighted by molar-refractivity contribution is 6.30. The van der Waals surface area contributed by atoms with Gasteiger partial charge in [-0.1, -0.05) is 23.7 Å². The quantitative estimate of drug-likeness (QED) is 0.645. The maximum Gasteiger partial charge on any atom is 0.238 e. The van der Waals surface area contributed by atoms with E-state index in [-0.39, 0.29) is 5.91 Å². The molecular weight excluding hydrogens is 346 g/mol. The van der Waals surface area contributed by atoms with Gasteiger partial charge in [0.2, 0.25) is 5.91 Å². The molecule has 0 aromatic heterocycles. The van der Waals surface area contributed by atoms with Crippen LogP contribution >= 0.6 is 11.6 Å². The number of anilines is 2. The van der Waals surface area contributed by atoms with Crippen LogP contribution < -0.4 is 15.5 Å². The molecule has 26 heavy (non-hydrogen) atoms. The molecule has 2 aromatic rings. The van der Waals surface area contributed by atoms with E-state index in [2.05, 4.69) is 41.5 Å². The molecule has 0 radical (unpaired) electrons. The van der Waals surface area contributed by atoms with Crippen LogP contribution in [0, 0.1) is 6.92 Å². The van der Waals surface area contributed by atoms with E-state index in [1.165, 1.54) is 11.3 Å². The smallest absolute Gasteiger partial charge is 0.238 e. The first-order valence-electron chi connectivity index (χ1n) is 9.14. The number of nitrogens with zero attached hydrogens (tertiary/aromatic N) is 1. The number of aryl methyl sites for hydroxylation is 1. The minimum Gasteiger partial charge on any atom is -0.372 e. The molecule has 4 nitrogen and oxygen atoms in total. The predicted molar refractivity (Wildman–Crippen MR) is 111 cm³/mol. The number of hydrogen-bond donors (Lipinski definition) is 2. The van der Waals surface area contributed by atoms with Gasteiger partial charge in [-0.05, 0) is 75.2 Å². The lowest BCUT2D eigenvalue weighted by Gasteiger charge is -2.22. The summed E-state index contributed by atoms with van der Waals surface area (Å²) in [4.78, 5) is 14.4. The summed E-state index contributed by atoms with van der Waals surface area (Å²) in [5.74, 6) is -0.0280. The fourth-order valence-electron chi connectivity index (χ4n) is 2.85. The Labute approximate surface area is 161 Å². The van der Waals surface area contributed by atoms with Crippen molar-refractivity contribution < 1.29 is 4.79 Å². The Bertz CT molecular complexity index is 712. The monoisotopic (exact) mass is 373 g/mol. The Balaban J connectivity index is 1.79. The van der Waals surface area contributed by atoms with E-state index < -0.39 is 0 Å². The molecule has 2 N–H and O–H groups in total. The first-order chi connectivity index (χ1) is 12.5. The van der Waals surface area contributed by atoms with Gasteiger partial charge in [0.25, 0.3) is 0 Å². The van der Waals surface area contributed by atoms with E-state index in [0.29, 0.717) is 6.54 Å². The summed E-state index contributed by atoms with van der Waals surface area (Å²) >= 11 is 5.88. The Hall–Kier alpha value is -2.04. The zero-order chi connectivity index (χ0) is 18.9. The van der Waals surface area contributed by atoms with Gasteiger partial charge in [0, 0.05) is 29.5 Å². The molecule has 5 heteroatoms. The number of hydrogen-bond acceptors (Lipinski definition) is 3. The minimum atomic E-state index is -0.0280. The van der Waals surface area contributed by atoms with E-state index in [9.17, 15) is 4.79 Å². The van der Waals surface area contributed by atoms with Gasteiger partial charge in [0.05, 0.1) is 6.54 Å². The second-order valence-corrected chi connectivity index (χ2v) is 6.71. The normalized spacial score (nSPS) is 10.6. The number of halogens is 1. The van der Waals surface area contributed by atoms with Crippen LogP contribution in [0.2, 0.25) is 5.02 Å². The summed E-state index contributed by atoms with van der Waals surface area (Å²) in [7, 11) is 0. The molecule has 0 bridgehead atoms. The van der Waals surface area contributed by atoms with E-state index in [1.54, 1.807) is 0 Å². The number of carbonyl (C=O) groups excluding carboxylic acids is 1. The SMILES string of the molecule is CCN(CC)c1ccc(NC(=O)CNCCc2ccc(Cl)cc2)c(C)c1. The van der Waals surface area contributed by atoms with Gasteiger partial charge in [0.1, 0.15) is 0 Å². The Morgan fingerprint density at radius 3 is 2.38 bits per heavy atom. The highest BCUT2D eigenvalue weighted by Crippen LogP contribution is 2.22. The zero-order valence-electron chi connectivity index (χ0n) is 15.8. The van der Waals surface area contributed by atoms with Crippen molar-refractivity contribution in [3.8, 4) is 0 Å². The summed E-state index contributed by atoms with van der Waals surface area (Å²) in [5, 5.41) is 6.90. The minimum absolute atomic E-state index is 0.0280. The third kappa shape index (κ3) is 6.04. The van der Waals surface area contributed by atoms with Crippen molar-refractivity contribution in [2.45, 2.75) is 27.2 Å². The van der Waals surface area contributed by atoms with E-state index in [1.807, 2.05) is 37.3 Å². The molecule has 0 atom stereocenters. The summed E-state index contributed by atoms with van der Waals surface area (Å²) < 4.78 is 0. The molecule has 0 aliphatic rings. The topological polar surface area (TPSA) is 44.4 Å². The largest absolute Gasteiger partial charge is 0.372 e. The van der Waals surface area contributed by atoms with Gasteiger partial charge in [-0.15, -0.1) is 0 Å². The molecule has 0 unspecified atom stereocenters. The lowest BCUT2D eigenvalue weighted by atomic mass is 10.1. The third-order valence-corrected chi connectivity index (χ3v) is 4.65. The molecule has 0 saturated heterocycles. The van der Waals surface area contributed by atoms with Crippen LogP contribution in [0.25, 0.3) is 0 Å². The number of rotatable bonds is 9. The van der Waals surface area contributed by atoms with Gasteiger partial charge in [-0.25, -0.2) is 0 Å². The van der Waals surface area contributed by atoms with Crippen molar-refractivity contribution in [2.75, 3.05) is 36.4 Å². The maximum atomic E-state index is 12.2. The summed E-state index contributed by atoms with van der Waals surface area (Å²) in [5.41, 5.74) is 4.33. The van der Waals surface area contributed by atoms with Gasteiger partial charge < -0.3 is 15.5 Å². The lowest BCUT2D eigenvalue weighted by Crippen LogP contribution is -2.29. The molecule has 2 aromatic carbocycles. The molecule has 0 aliphatic heterocycles. The van der Waals surface area contributed by atoms with Crippen LogP contribution in [0.3, 0.4) is 0 Å². The van der Waals surface area contributed by atoms with E-state index in [4.69, 9.17) is 11.6 Å². The Morgan fingerprint density at radius 2 is 1.77 bits per heavy atom. The fraction of sp³-hybridized carbons (Fsp3) is 0.381. The Kier molecular flexibility index (Phi) is 7.95. The molecule has 1 amide bonds. The number of benzene rings is 2. The highest BCUT2D eigenvalue weighted by atomic mass is 35.5. The third-order valence-electron chi connectivity index (χ3n) is 4.40. The lowest BCUT2D eigenvalue weighted by molar-refractivity contribution is -0.115.